The van der Waals surface area contributed by atoms with E-state index in [0.717, 1.165) is 6.42 Å². The third-order valence-electron chi connectivity index (χ3n) is 3.12. The van der Waals surface area contributed by atoms with Crippen LogP contribution in [-0.4, -0.2) is 24.1 Å². The molecule has 0 fully saturated rings. The molecule has 1 unspecified atom stereocenters. The quantitative estimate of drug-likeness (QED) is 0.836. The molecule has 2 amide bonds. The largest absolute Gasteiger partial charge is 0.352 e. The molecule has 0 aromatic carbocycles. The maximum absolute atomic E-state index is 12.1. The minimum absolute atomic E-state index is 0.175. The van der Waals surface area contributed by atoms with Crippen molar-refractivity contribution in [2.45, 2.75) is 20.3 Å². The van der Waals surface area contributed by atoms with Gasteiger partial charge in [0, 0.05) is 18.2 Å². The Morgan fingerprint density at radius 1 is 1.42 bits per heavy atom. The molecule has 4 heteroatoms. The van der Waals surface area contributed by atoms with Crippen molar-refractivity contribution < 1.29 is 9.59 Å². The number of dihydropyridines is 1. The summed E-state index contributed by atoms with van der Waals surface area (Å²) in [7, 11) is 0. The molecular formula is C15H18N2O2. The topological polar surface area (TPSA) is 58.5 Å². The van der Waals surface area contributed by atoms with E-state index in [1.807, 2.05) is 18.2 Å². The van der Waals surface area contributed by atoms with Crippen molar-refractivity contribution in [1.82, 2.24) is 5.32 Å². The fourth-order valence-corrected chi connectivity index (χ4v) is 2.07. The van der Waals surface area contributed by atoms with Gasteiger partial charge >= 0.3 is 0 Å². The highest BCUT2D eigenvalue weighted by Gasteiger charge is 2.28. The molecule has 1 heterocycles. The second-order valence-electron chi connectivity index (χ2n) is 5.13. The first-order valence-electron chi connectivity index (χ1n) is 6.55. The second kappa shape index (κ2) is 5.78. The highest BCUT2D eigenvalue weighted by atomic mass is 16.2. The van der Waals surface area contributed by atoms with Gasteiger partial charge in [0.1, 0.15) is 0 Å². The Morgan fingerprint density at radius 3 is 2.95 bits per heavy atom. The zero-order valence-corrected chi connectivity index (χ0v) is 11.2. The van der Waals surface area contributed by atoms with E-state index in [4.69, 9.17) is 0 Å². The highest BCUT2D eigenvalue weighted by Crippen LogP contribution is 2.23. The number of fused-ring (bicyclic) bond motifs is 1. The molecule has 2 rings (SSSR count). The third-order valence-corrected chi connectivity index (χ3v) is 3.12. The number of carbonyl (C=O) groups is 2. The normalized spacial score (nSPS) is 21.0. The molecule has 0 spiro atoms. The molecule has 1 N–H and O–H groups in total. The molecule has 0 saturated heterocycles. The van der Waals surface area contributed by atoms with Crippen molar-refractivity contribution in [2.75, 3.05) is 6.54 Å². The standard InChI is InChI=1S/C15H18N2O2/c1-10(2)7-8-16-15(19)12-9-14(18)17-13-6-4-3-5-11(12)13/h3-6,9-11H,7-8H2,1-2H3,(H,16,19). The van der Waals surface area contributed by atoms with Crippen LogP contribution in [0.5, 0.6) is 0 Å². The number of hydrogen-bond donors (Lipinski definition) is 1. The molecule has 0 radical (unpaired) electrons. The van der Waals surface area contributed by atoms with Gasteiger partial charge in [-0.1, -0.05) is 32.1 Å². The van der Waals surface area contributed by atoms with Crippen LogP contribution in [0.25, 0.3) is 0 Å². The van der Waals surface area contributed by atoms with Crippen LogP contribution in [0.3, 0.4) is 0 Å². The van der Waals surface area contributed by atoms with Gasteiger partial charge in [-0.2, -0.15) is 0 Å². The van der Waals surface area contributed by atoms with Crippen LogP contribution in [0.2, 0.25) is 0 Å². The number of carbonyl (C=O) groups excluding carboxylic acids is 2. The first-order valence-corrected chi connectivity index (χ1v) is 6.55. The number of rotatable bonds is 4. The van der Waals surface area contributed by atoms with Crippen LogP contribution >= 0.6 is 0 Å². The Labute approximate surface area is 113 Å². The average Bonchev–Trinajstić information content (AvgIpc) is 2.37. The molecule has 19 heavy (non-hydrogen) atoms. The average molecular weight is 258 g/mol. The van der Waals surface area contributed by atoms with Gasteiger partial charge in [-0.05, 0) is 18.4 Å². The number of allylic oxidation sites excluding steroid dienone is 4. The van der Waals surface area contributed by atoms with E-state index in [1.165, 1.54) is 6.08 Å². The second-order valence-corrected chi connectivity index (χ2v) is 5.13. The van der Waals surface area contributed by atoms with Crippen molar-refractivity contribution in [3.63, 3.8) is 0 Å². The molecule has 0 aromatic rings. The van der Waals surface area contributed by atoms with Gasteiger partial charge in [0.05, 0.1) is 11.6 Å². The summed E-state index contributed by atoms with van der Waals surface area (Å²) in [4.78, 5) is 27.6. The molecule has 0 bridgehead atoms. The number of nitrogens with one attached hydrogen (secondary N) is 1. The predicted molar refractivity (Wildman–Crippen MR) is 74.8 cm³/mol. The van der Waals surface area contributed by atoms with Crippen LogP contribution in [0.4, 0.5) is 0 Å². The van der Waals surface area contributed by atoms with Gasteiger partial charge in [0.15, 0.2) is 0 Å². The summed E-state index contributed by atoms with van der Waals surface area (Å²) in [5, 5.41) is 2.86. The molecule has 1 atom stereocenters. The lowest BCUT2D eigenvalue weighted by molar-refractivity contribution is -0.119. The Kier molecular flexibility index (Phi) is 4.10. The van der Waals surface area contributed by atoms with Crippen molar-refractivity contribution in [2.24, 2.45) is 16.8 Å². The van der Waals surface area contributed by atoms with Crippen LogP contribution in [0.15, 0.2) is 40.9 Å². The van der Waals surface area contributed by atoms with E-state index in [9.17, 15) is 9.59 Å². The first-order chi connectivity index (χ1) is 9.08. The molecule has 0 aromatic heterocycles. The van der Waals surface area contributed by atoms with Crippen molar-refractivity contribution >= 4 is 17.5 Å². The predicted octanol–water partition coefficient (Wildman–Crippen LogP) is 1.80. The van der Waals surface area contributed by atoms with Crippen LogP contribution in [0, 0.1) is 11.8 Å². The molecule has 4 nitrogen and oxygen atoms in total. The Hall–Kier alpha value is -1.97. The zero-order chi connectivity index (χ0) is 13.8. The number of amides is 2. The smallest absolute Gasteiger partial charge is 0.270 e. The van der Waals surface area contributed by atoms with Gasteiger partial charge in [0.25, 0.3) is 5.91 Å². The van der Waals surface area contributed by atoms with Crippen molar-refractivity contribution in [3.05, 3.63) is 36.0 Å². The van der Waals surface area contributed by atoms with E-state index >= 15 is 0 Å². The Morgan fingerprint density at radius 2 is 2.21 bits per heavy atom. The van der Waals surface area contributed by atoms with Crippen LogP contribution in [0.1, 0.15) is 20.3 Å². The molecule has 0 saturated carbocycles. The zero-order valence-electron chi connectivity index (χ0n) is 11.2. The maximum Gasteiger partial charge on any atom is 0.270 e. The number of nitrogens with zero attached hydrogens (tertiary/aromatic N) is 1. The van der Waals surface area contributed by atoms with Crippen LogP contribution < -0.4 is 5.32 Å². The maximum atomic E-state index is 12.1. The fourth-order valence-electron chi connectivity index (χ4n) is 2.07. The fraction of sp³-hybridized carbons (Fsp3) is 0.400. The molecule has 1 aliphatic heterocycles. The van der Waals surface area contributed by atoms with E-state index in [1.54, 1.807) is 6.08 Å². The van der Waals surface area contributed by atoms with Crippen molar-refractivity contribution in [3.8, 4) is 0 Å². The lowest BCUT2D eigenvalue weighted by Crippen LogP contribution is -2.34. The molecular weight excluding hydrogens is 240 g/mol. The van der Waals surface area contributed by atoms with Crippen molar-refractivity contribution in [1.29, 1.82) is 0 Å². The summed E-state index contributed by atoms with van der Waals surface area (Å²) in [6.45, 7) is 4.84. The lowest BCUT2D eigenvalue weighted by Gasteiger charge is -2.21. The van der Waals surface area contributed by atoms with E-state index in [2.05, 4.69) is 24.2 Å². The number of hydrogen-bond acceptors (Lipinski definition) is 2. The summed E-state index contributed by atoms with van der Waals surface area (Å²) in [5.41, 5.74) is 1.13. The minimum atomic E-state index is -0.361. The highest BCUT2D eigenvalue weighted by molar-refractivity contribution is 6.18. The van der Waals surface area contributed by atoms with Gasteiger partial charge in [-0.15, -0.1) is 0 Å². The lowest BCUT2D eigenvalue weighted by atomic mass is 9.87. The summed E-state index contributed by atoms with van der Waals surface area (Å²) in [6, 6.07) is 0. The third kappa shape index (κ3) is 3.28. The summed E-state index contributed by atoms with van der Waals surface area (Å²) in [6.07, 6.45) is 9.61. The summed E-state index contributed by atoms with van der Waals surface area (Å²) < 4.78 is 0. The van der Waals surface area contributed by atoms with Crippen LogP contribution in [-0.2, 0) is 9.59 Å². The SMILES string of the molecule is CC(C)CCNC(=O)C1=CC(=O)N=C2C=CC=CC12. The van der Waals surface area contributed by atoms with E-state index in [0.29, 0.717) is 23.7 Å². The molecule has 1 aliphatic carbocycles. The molecule has 100 valence electrons. The van der Waals surface area contributed by atoms with E-state index < -0.39 is 0 Å². The summed E-state index contributed by atoms with van der Waals surface area (Å²) >= 11 is 0. The van der Waals surface area contributed by atoms with Gasteiger partial charge in [0.2, 0.25) is 5.91 Å². The monoisotopic (exact) mass is 258 g/mol. The van der Waals surface area contributed by atoms with Gasteiger partial charge < -0.3 is 5.32 Å². The number of aliphatic imine (C=N–C) groups is 1. The van der Waals surface area contributed by atoms with Gasteiger partial charge in [-0.3, -0.25) is 9.59 Å². The summed E-state index contributed by atoms with van der Waals surface area (Å²) in [5.74, 6) is -0.190. The Bertz CT molecular complexity index is 510. The minimum Gasteiger partial charge on any atom is -0.352 e. The molecule has 2 aliphatic rings. The van der Waals surface area contributed by atoms with Gasteiger partial charge in [-0.25, -0.2) is 4.99 Å². The first kappa shape index (κ1) is 13.5. The van der Waals surface area contributed by atoms with E-state index in [-0.39, 0.29) is 17.7 Å². The Balaban J connectivity index is 2.06.